The van der Waals surface area contributed by atoms with E-state index in [4.69, 9.17) is 10.00 Å². The third-order valence-corrected chi connectivity index (χ3v) is 5.61. The Morgan fingerprint density at radius 1 is 1.28 bits per heavy atom. The lowest BCUT2D eigenvalue weighted by molar-refractivity contribution is -0.138. The Balaban J connectivity index is 1.25. The van der Waals surface area contributed by atoms with Gasteiger partial charge in [-0.25, -0.2) is 19.7 Å². The SMILES string of the molecule is CC(COCc1cn(C2CCN(c3ncc(C#N)cn3)CC2)nn1)Nc1cn[nH]c(=O)c1C(F)(F)F. The van der Waals surface area contributed by atoms with Crippen LogP contribution in [0.25, 0.3) is 0 Å². The Kier molecular flexibility index (Phi) is 7.44. The van der Waals surface area contributed by atoms with E-state index in [1.54, 1.807) is 22.9 Å². The van der Waals surface area contributed by atoms with Crippen molar-refractivity contribution in [2.45, 2.75) is 44.6 Å². The van der Waals surface area contributed by atoms with Crippen LogP contribution in [0.15, 0.2) is 29.6 Å². The van der Waals surface area contributed by atoms with Gasteiger partial charge < -0.3 is 15.0 Å². The van der Waals surface area contributed by atoms with Gasteiger partial charge in [-0.05, 0) is 19.8 Å². The molecule has 1 aliphatic rings. The highest BCUT2D eigenvalue weighted by Gasteiger charge is 2.37. The smallest absolute Gasteiger partial charge is 0.378 e. The second-order valence-corrected chi connectivity index (χ2v) is 8.34. The average Bonchev–Trinajstić information content (AvgIpc) is 3.32. The molecule has 1 atom stereocenters. The summed E-state index contributed by atoms with van der Waals surface area (Å²) in [5.41, 5.74) is -2.05. The Morgan fingerprint density at radius 2 is 2.00 bits per heavy atom. The van der Waals surface area contributed by atoms with Gasteiger partial charge in [0.1, 0.15) is 17.3 Å². The van der Waals surface area contributed by atoms with Crippen molar-refractivity contribution in [2.75, 3.05) is 29.9 Å². The highest BCUT2D eigenvalue weighted by molar-refractivity contribution is 5.50. The largest absolute Gasteiger partial charge is 0.423 e. The molecule has 1 fully saturated rings. The van der Waals surface area contributed by atoms with Crippen molar-refractivity contribution < 1.29 is 17.9 Å². The maximum absolute atomic E-state index is 13.2. The summed E-state index contributed by atoms with van der Waals surface area (Å²) in [5, 5.41) is 25.0. The van der Waals surface area contributed by atoms with Gasteiger partial charge in [0.25, 0.3) is 5.56 Å². The molecule has 2 N–H and O–H groups in total. The molecule has 3 aromatic heterocycles. The Bertz CT molecular complexity index is 1260. The van der Waals surface area contributed by atoms with Crippen LogP contribution in [0.4, 0.5) is 24.8 Å². The Hall–Kier alpha value is -4.06. The number of hydrogen-bond acceptors (Lipinski definition) is 10. The highest BCUT2D eigenvalue weighted by atomic mass is 19.4. The van der Waals surface area contributed by atoms with Crippen LogP contribution in [0.2, 0.25) is 0 Å². The van der Waals surface area contributed by atoms with Gasteiger partial charge in [0, 0.05) is 19.1 Å². The molecule has 0 aliphatic carbocycles. The van der Waals surface area contributed by atoms with Crippen LogP contribution in [0, 0.1) is 11.3 Å². The molecule has 3 aromatic rings. The second kappa shape index (κ2) is 10.7. The molecule has 0 spiro atoms. The molecule has 190 valence electrons. The molecule has 0 aromatic carbocycles. The van der Waals surface area contributed by atoms with E-state index < -0.39 is 29.0 Å². The third-order valence-electron chi connectivity index (χ3n) is 5.61. The third kappa shape index (κ3) is 5.95. The first-order chi connectivity index (χ1) is 17.2. The number of H-pyrrole nitrogens is 1. The van der Waals surface area contributed by atoms with Crippen LogP contribution in [-0.4, -0.2) is 60.9 Å². The van der Waals surface area contributed by atoms with Gasteiger partial charge in [-0.3, -0.25) is 4.79 Å². The predicted molar refractivity (Wildman–Crippen MR) is 120 cm³/mol. The first kappa shape index (κ1) is 25.0. The molecule has 1 saturated heterocycles. The maximum Gasteiger partial charge on any atom is 0.423 e. The predicted octanol–water partition coefficient (Wildman–Crippen LogP) is 1.90. The first-order valence-corrected chi connectivity index (χ1v) is 11.1. The number of alkyl halides is 3. The highest BCUT2D eigenvalue weighted by Crippen LogP contribution is 2.31. The minimum absolute atomic E-state index is 0.0694. The van der Waals surface area contributed by atoms with Gasteiger partial charge in [0.2, 0.25) is 5.95 Å². The molecule has 1 aliphatic heterocycles. The van der Waals surface area contributed by atoms with Crippen LogP contribution in [0.5, 0.6) is 0 Å². The lowest BCUT2D eigenvalue weighted by Gasteiger charge is -2.31. The van der Waals surface area contributed by atoms with E-state index in [0.717, 1.165) is 32.1 Å². The van der Waals surface area contributed by atoms with Crippen LogP contribution in [0.1, 0.15) is 42.6 Å². The normalized spacial score (nSPS) is 15.5. The Morgan fingerprint density at radius 3 is 2.67 bits per heavy atom. The molecule has 1 unspecified atom stereocenters. The van der Waals surface area contributed by atoms with Crippen molar-refractivity contribution in [1.82, 2.24) is 35.2 Å². The quantitative estimate of drug-likeness (QED) is 0.465. The van der Waals surface area contributed by atoms with Gasteiger partial charge in [-0.2, -0.15) is 23.5 Å². The summed E-state index contributed by atoms with van der Waals surface area (Å²) in [4.78, 5) is 22.1. The molecule has 15 heteroatoms. The molecule has 4 rings (SSSR count). The number of nitriles is 1. The van der Waals surface area contributed by atoms with Gasteiger partial charge >= 0.3 is 6.18 Å². The zero-order valence-electron chi connectivity index (χ0n) is 19.2. The summed E-state index contributed by atoms with van der Waals surface area (Å²) < 4.78 is 46.9. The number of anilines is 2. The summed E-state index contributed by atoms with van der Waals surface area (Å²) in [5.74, 6) is 0.584. The van der Waals surface area contributed by atoms with Crippen molar-refractivity contribution in [2.24, 2.45) is 0 Å². The zero-order chi connectivity index (χ0) is 25.7. The number of aromatic nitrogens is 7. The number of aromatic amines is 1. The van der Waals surface area contributed by atoms with Crippen LogP contribution >= 0.6 is 0 Å². The van der Waals surface area contributed by atoms with E-state index in [-0.39, 0.29) is 19.3 Å². The summed E-state index contributed by atoms with van der Waals surface area (Å²) in [6, 6.07) is 1.61. The van der Waals surface area contributed by atoms with Gasteiger partial charge in [0.05, 0.1) is 55.3 Å². The number of nitrogens with zero attached hydrogens (tertiary/aromatic N) is 8. The lowest BCUT2D eigenvalue weighted by atomic mass is 10.1. The number of rotatable bonds is 8. The van der Waals surface area contributed by atoms with E-state index in [9.17, 15) is 18.0 Å². The van der Waals surface area contributed by atoms with Crippen molar-refractivity contribution >= 4 is 11.6 Å². The average molecular weight is 504 g/mol. The minimum Gasteiger partial charge on any atom is -0.378 e. The second-order valence-electron chi connectivity index (χ2n) is 8.34. The molecular formula is C21H23F3N10O2. The van der Waals surface area contributed by atoms with E-state index in [1.165, 1.54) is 12.4 Å². The van der Waals surface area contributed by atoms with Crippen molar-refractivity contribution in [3.05, 3.63) is 52.0 Å². The molecule has 12 nitrogen and oxygen atoms in total. The fraction of sp³-hybridized carbons (Fsp3) is 0.476. The summed E-state index contributed by atoms with van der Waals surface area (Å²) in [6.45, 7) is 3.28. The monoisotopic (exact) mass is 504 g/mol. The van der Waals surface area contributed by atoms with E-state index >= 15 is 0 Å². The van der Waals surface area contributed by atoms with Gasteiger partial charge in [-0.15, -0.1) is 5.10 Å². The van der Waals surface area contributed by atoms with Gasteiger partial charge in [-0.1, -0.05) is 5.21 Å². The minimum atomic E-state index is -4.82. The maximum atomic E-state index is 13.2. The van der Waals surface area contributed by atoms with Crippen LogP contribution in [-0.2, 0) is 17.5 Å². The molecule has 0 radical (unpaired) electrons. The van der Waals surface area contributed by atoms with Crippen molar-refractivity contribution in [3.8, 4) is 6.07 Å². The lowest BCUT2D eigenvalue weighted by Crippen LogP contribution is -2.35. The molecule has 0 bridgehead atoms. The number of ether oxygens (including phenoxy) is 1. The van der Waals surface area contributed by atoms with Crippen LogP contribution in [0.3, 0.4) is 0 Å². The van der Waals surface area contributed by atoms with E-state index in [1.807, 2.05) is 11.0 Å². The van der Waals surface area contributed by atoms with Gasteiger partial charge in [0.15, 0.2) is 0 Å². The molecule has 4 heterocycles. The number of halogens is 3. The van der Waals surface area contributed by atoms with Crippen LogP contribution < -0.4 is 15.8 Å². The summed E-state index contributed by atoms with van der Waals surface area (Å²) in [6.07, 6.45) is 2.51. The molecular weight excluding hydrogens is 481 g/mol. The van der Waals surface area contributed by atoms with Crippen molar-refractivity contribution in [1.29, 1.82) is 5.26 Å². The first-order valence-electron chi connectivity index (χ1n) is 11.1. The number of hydrogen-bond donors (Lipinski definition) is 2. The fourth-order valence-corrected chi connectivity index (χ4v) is 3.87. The summed E-state index contributed by atoms with van der Waals surface area (Å²) in [7, 11) is 0. The number of nitrogens with one attached hydrogen (secondary N) is 2. The number of piperidine rings is 1. The molecule has 0 saturated carbocycles. The zero-order valence-corrected chi connectivity index (χ0v) is 19.2. The standard InChI is InChI=1S/C21H23F3N10O2/c1-13(29-17-9-28-31-19(35)18(17)21(22,23)24)11-36-12-15-10-34(32-30-15)16-2-4-33(5-3-16)20-26-7-14(6-25)8-27-20/h7-10,13,16H,2-5,11-12H2,1H3,(H2,29,31,35). The van der Waals surface area contributed by atoms with E-state index in [0.29, 0.717) is 17.2 Å². The topological polar surface area (TPSA) is 151 Å². The fourth-order valence-electron chi connectivity index (χ4n) is 3.87. The molecule has 0 amide bonds. The van der Waals surface area contributed by atoms with E-state index in [2.05, 4.69) is 30.7 Å². The Labute approximate surface area is 203 Å². The summed E-state index contributed by atoms with van der Waals surface area (Å²) >= 11 is 0. The molecule has 36 heavy (non-hydrogen) atoms. The van der Waals surface area contributed by atoms with Crippen molar-refractivity contribution in [3.63, 3.8) is 0 Å².